The first-order valence-electron chi connectivity index (χ1n) is 6.31. The molecule has 4 atom stereocenters. The molecule has 1 saturated heterocycles. The highest BCUT2D eigenvalue weighted by molar-refractivity contribution is 9.10. The molecule has 1 aliphatic rings. The predicted octanol–water partition coefficient (Wildman–Crippen LogP) is -0.222. The number of anilines is 1. The van der Waals surface area contributed by atoms with Crippen LogP contribution in [0.4, 0.5) is 5.82 Å². The first-order chi connectivity index (χ1) is 9.87. The number of nitrogens with zero attached hydrogens (tertiary/aromatic N) is 3. The largest absolute Gasteiger partial charge is 0.394 e. The molecule has 1 fully saturated rings. The second-order valence-corrected chi connectivity index (χ2v) is 6.08. The van der Waals surface area contributed by atoms with Crippen molar-refractivity contribution in [3.63, 3.8) is 0 Å². The van der Waals surface area contributed by atoms with Gasteiger partial charge in [0, 0.05) is 10.7 Å². The number of nitrogen functional groups attached to an aromatic ring is 1. The van der Waals surface area contributed by atoms with Crippen molar-refractivity contribution in [3.8, 4) is 0 Å². The zero-order chi connectivity index (χ0) is 15.4. The van der Waals surface area contributed by atoms with Gasteiger partial charge in [-0.2, -0.15) is 0 Å². The summed E-state index contributed by atoms with van der Waals surface area (Å²) in [4.78, 5) is 8.08. The summed E-state index contributed by atoms with van der Waals surface area (Å²) in [6, 6.07) is 0. The Morgan fingerprint density at radius 1 is 1.52 bits per heavy atom. The van der Waals surface area contributed by atoms with Crippen molar-refractivity contribution in [2.24, 2.45) is 0 Å². The molecule has 114 valence electrons. The van der Waals surface area contributed by atoms with Gasteiger partial charge >= 0.3 is 0 Å². The molecule has 1 aliphatic heterocycles. The van der Waals surface area contributed by atoms with Crippen LogP contribution in [0, 0.1) is 0 Å². The number of aromatic nitrogens is 3. The van der Waals surface area contributed by atoms with Gasteiger partial charge in [0.1, 0.15) is 35.6 Å². The Morgan fingerprint density at radius 2 is 2.24 bits per heavy atom. The fourth-order valence-electron chi connectivity index (χ4n) is 2.63. The molecule has 5 N–H and O–H groups in total. The lowest BCUT2D eigenvalue weighted by Gasteiger charge is -2.27. The third-order valence-corrected chi connectivity index (χ3v) is 4.38. The Kier molecular flexibility index (Phi) is 3.41. The Labute approximate surface area is 128 Å². The number of aliphatic hydroxyl groups excluding tert-OH is 2. The van der Waals surface area contributed by atoms with Crippen molar-refractivity contribution in [1.29, 1.82) is 0 Å². The van der Waals surface area contributed by atoms with Crippen molar-refractivity contribution < 1.29 is 20.1 Å². The van der Waals surface area contributed by atoms with E-state index in [1.54, 1.807) is 10.8 Å². The van der Waals surface area contributed by atoms with E-state index in [0.717, 1.165) is 0 Å². The molecule has 0 aliphatic carbocycles. The van der Waals surface area contributed by atoms with Gasteiger partial charge in [0.05, 0.1) is 12.0 Å². The van der Waals surface area contributed by atoms with Crippen LogP contribution in [0.1, 0.15) is 13.2 Å². The Hall–Kier alpha value is -1.26. The molecule has 3 rings (SSSR count). The van der Waals surface area contributed by atoms with Gasteiger partial charge in [0.25, 0.3) is 0 Å². The van der Waals surface area contributed by atoms with Crippen molar-refractivity contribution in [1.82, 2.24) is 14.5 Å². The predicted molar refractivity (Wildman–Crippen MR) is 77.3 cm³/mol. The minimum absolute atomic E-state index is 0.294. The number of hydrogen-bond acceptors (Lipinski definition) is 7. The summed E-state index contributed by atoms with van der Waals surface area (Å²) in [5.41, 5.74) is 4.71. The van der Waals surface area contributed by atoms with Crippen LogP contribution in [0.15, 0.2) is 17.0 Å². The van der Waals surface area contributed by atoms with E-state index in [4.69, 9.17) is 10.5 Å². The highest BCUT2D eigenvalue weighted by Crippen LogP contribution is 2.41. The molecular formula is C12H15BrN4O4. The number of nitrogens with two attached hydrogens (primary N) is 1. The zero-order valence-electron chi connectivity index (χ0n) is 11.1. The molecule has 21 heavy (non-hydrogen) atoms. The highest BCUT2D eigenvalue weighted by atomic mass is 79.9. The summed E-state index contributed by atoms with van der Waals surface area (Å²) in [6.45, 7) is 1.05. The van der Waals surface area contributed by atoms with E-state index < -0.39 is 30.6 Å². The summed E-state index contributed by atoms with van der Waals surface area (Å²) in [7, 11) is 0. The van der Waals surface area contributed by atoms with Gasteiger partial charge in [0.15, 0.2) is 6.23 Å². The molecule has 0 amide bonds. The maximum Gasteiger partial charge on any atom is 0.167 e. The molecule has 3 heterocycles. The number of aliphatic hydroxyl groups is 3. The van der Waals surface area contributed by atoms with Gasteiger partial charge in [-0.25, -0.2) is 9.97 Å². The molecule has 0 aromatic carbocycles. The number of rotatable bonds is 2. The summed E-state index contributed by atoms with van der Waals surface area (Å²) in [5, 5.41) is 30.4. The number of hydrogen-bond donors (Lipinski definition) is 4. The molecule has 0 spiro atoms. The van der Waals surface area contributed by atoms with Crippen LogP contribution < -0.4 is 5.73 Å². The summed E-state index contributed by atoms with van der Waals surface area (Å²) in [5.74, 6) is 0.294. The Bertz CT molecular complexity index is 689. The lowest BCUT2D eigenvalue weighted by molar-refractivity contribution is -0.0948. The number of halogens is 1. The first-order valence-corrected chi connectivity index (χ1v) is 7.10. The molecule has 2 aromatic rings. The molecule has 0 saturated carbocycles. The molecule has 0 bridgehead atoms. The van der Waals surface area contributed by atoms with Crippen LogP contribution in [0.5, 0.6) is 0 Å². The van der Waals surface area contributed by atoms with Crippen LogP contribution in [0.25, 0.3) is 11.0 Å². The summed E-state index contributed by atoms with van der Waals surface area (Å²) >= 11 is 3.37. The average molecular weight is 359 g/mol. The van der Waals surface area contributed by atoms with Gasteiger partial charge in [0.2, 0.25) is 0 Å². The van der Waals surface area contributed by atoms with Crippen molar-refractivity contribution in [3.05, 3.63) is 17.0 Å². The number of ether oxygens (including phenoxy) is 1. The van der Waals surface area contributed by atoms with Crippen molar-refractivity contribution >= 4 is 32.8 Å². The van der Waals surface area contributed by atoms with Crippen LogP contribution >= 0.6 is 15.9 Å². The summed E-state index contributed by atoms with van der Waals surface area (Å²) in [6.07, 6.45) is -0.0398. The maximum atomic E-state index is 10.5. The highest BCUT2D eigenvalue weighted by Gasteiger charge is 2.53. The normalized spacial score (nSPS) is 32.9. The second kappa shape index (κ2) is 4.89. The molecule has 8 nitrogen and oxygen atoms in total. The lowest BCUT2D eigenvalue weighted by atomic mass is 9.96. The van der Waals surface area contributed by atoms with E-state index >= 15 is 0 Å². The first kappa shape index (κ1) is 14.7. The van der Waals surface area contributed by atoms with E-state index in [2.05, 4.69) is 25.9 Å². The molecule has 3 unspecified atom stereocenters. The van der Waals surface area contributed by atoms with E-state index in [-0.39, 0.29) is 0 Å². The minimum atomic E-state index is -1.58. The van der Waals surface area contributed by atoms with Gasteiger partial charge in [-0.15, -0.1) is 0 Å². The van der Waals surface area contributed by atoms with Crippen LogP contribution in [-0.2, 0) is 4.74 Å². The van der Waals surface area contributed by atoms with Gasteiger partial charge in [-0.1, -0.05) is 0 Å². The third-order valence-electron chi connectivity index (χ3n) is 3.78. The van der Waals surface area contributed by atoms with E-state index in [1.165, 1.54) is 13.3 Å². The zero-order valence-corrected chi connectivity index (χ0v) is 12.7. The second-order valence-electron chi connectivity index (χ2n) is 5.22. The third kappa shape index (κ3) is 2.04. The average Bonchev–Trinajstić information content (AvgIpc) is 2.87. The minimum Gasteiger partial charge on any atom is -0.394 e. The molecule has 9 heteroatoms. The van der Waals surface area contributed by atoms with Crippen LogP contribution in [-0.4, -0.2) is 54.3 Å². The smallest absolute Gasteiger partial charge is 0.167 e. The van der Waals surface area contributed by atoms with Gasteiger partial charge in [-0.3, -0.25) is 0 Å². The molecule has 0 radical (unpaired) electrons. The Balaban J connectivity index is 2.15. The van der Waals surface area contributed by atoms with E-state index in [1.807, 2.05) is 0 Å². The number of fused-ring (bicyclic) bond motifs is 1. The maximum absolute atomic E-state index is 10.5. The van der Waals surface area contributed by atoms with Crippen molar-refractivity contribution in [2.75, 3.05) is 12.3 Å². The summed E-state index contributed by atoms with van der Waals surface area (Å²) < 4.78 is 7.79. The van der Waals surface area contributed by atoms with Crippen molar-refractivity contribution in [2.45, 2.75) is 31.0 Å². The van der Waals surface area contributed by atoms with Gasteiger partial charge < -0.3 is 30.4 Å². The lowest BCUT2D eigenvalue weighted by Crippen LogP contribution is -2.44. The van der Waals surface area contributed by atoms with Crippen LogP contribution in [0.2, 0.25) is 0 Å². The Morgan fingerprint density at radius 3 is 2.86 bits per heavy atom. The molecule has 2 aromatic heterocycles. The molecular weight excluding hydrogens is 344 g/mol. The van der Waals surface area contributed by atoms with Gasteiger partial charge in [-0.05, 0) is 22.9 Å². The fraction of sp³-hybridized carbons (Fsp3) is 0.500. The topological polar surface area (TPSA) is 127 Å². The van der Waals surface area contributed by atoms with E-state index in [9.17, 15) is 15.3 Å². The van der Waals surface area contributed by atoms with E-state index in [0.29, 0.717) is 21.3 Å². The fourth-order valence-corrected chi connectivity index (χ4v) is 3.23. The van der Waals surface area contributed by atoms with Crippen LogP contribution in [0.3, 0.4) is 0 Å². The quantitative estimate of drug-likeness (QED) is 0.584. The standard InChI is InChI=1S/C12H15BrN4O4/c1-12(20)8(19)6(3-18)21-11(12)17-2-5(13)7-9(14)15-4-16-10(7)17/h2,4,6,8,11,18-20H,3H2,1H3,(H2,14,15,16)/t6?,8?,11?,12-/m1/s1. The SMILES string of the molecule is C[C@@]1(O)C(O)C(CO)OC1n1cc(Br)c2c(N)ncnc21. The monoisotopic (exact) mass is 358 g/mol.